The van der Waals surface area contributed by atoms with Crippen molar-refractivity contribution in [2.24, 2.45) is 0 Å². The molecule has 1 fully saturated rings. The summed E-state index contributed by atoms with van der Waals surface area (Å²) < 4.78 is 0. The fraction of sp³-hybridized carbons (Fsp3) is 0.429. The van der Waals surface area contributed by atoms with E-state index >= 15 is 0 Å². The number of benzene rings is 1. The summed E-state index contributed by atoms with van der Waals surface area (Å²) in [5.74, 6) is -1.07. The number of carbonyl (C=O) groups excluding carboxylic acids is 1. The van der Waals surface area contributed by atoms with Gasteiger partial charge in [0.05, 0.1) is 5.56 Å². The van der Waals surface area contributed by atoms with E-state index in [2.05, 4.69) is 5.32 Å². The third kappa shape index (κ3) is 3.87. The SMILES string of the molecule is O=C(O)c1cc(Cl)cc(NC(=O)N2CCCCCC2)c1. The van der Waals surface area contributed by atoms with Gasteiger partial charge in [-0.05, 0) is 31.0 Å². The Bertz CT molecular complexity index is 511. The molecule has 0 radical (unpaired) electrons. The van der Waals surface area contributed by atoms with Crippen LogP contribution in [0.5, 0.6) is 0 Å². The van der Waals surface area contributed by atoms with Gasteiger partial charge >= 0.3 is 12.0 Å². The van der Waals surface area contributed by atoms with E-state index in [-0.39, 0.29) is 16.6 Å². The van der Waals surface area contributed by atoms with E-state index in [1.807, 2.05) is 0 Å². The highest BCUT2D eigenvalue weighted by atomic mass is 35.5. The van der Waals surface area contributed by atoms with Gasteiger partial charge in [-0.3, -0.25) is 0 Å². The lowest BCUT2D eigenvalue weighted by Gasteiger charge is -2.21. The highest BCUT2D eigenvalue weighted by Gasteiger charge is 2.16. The Morgan fingerprint density at radius 2 is 1.75 bits per heavy atom. The minimum absolute atomic E-state index is 0.0590. The predicted molar refractivity (Wildman–Crippen MR) is 77.5 cm³/mol. The van der Waals surface area contributed by atoms with Gasteiger partial charge in [0, 0.05) is 23.8 Å². The van der Waals surface area contributed by atoms with Crippen molar-refractivity contribution < 1.29 is 14.7 Å². The second-order valence-corrected chi connectivity index (χ2v) is 5.30. The molecule has 1 aromatic rings. The molecule has 0 aliphatic carbocycles. The van der Waals surface area contributed by atoms with Crippen LogP contribution in [-0.4, -0.2) is 35.1 Å². The summed E-state index contributed by atoms with van der Waals surface area (Å²) in [5, 5.41) is 12.0. The first-order valence-corrected chi connectivity index (χ1v) is 7.04. The van der Waals surface area contributed by atoms with Crippen LogP contribution in [0.15, 0.2) is 18.2 Å². The number of urea groups is 1. The molecule has 108 valence electrons. The summed E-state index contributed by atoms with van der Waals surface area (Å²) in [6, 6.07) is 4.10. The van der Waals surface area contributed by atoms with Crippen molar-refractivity contribution in [3.63, 3.8) is 0 Å². The number of nitrogens with zero attached hydrogens (tertiary/aromatic N) is 1. The van der Waals surface area contributed by atoms with Crippen molar-refractivity contribution in [1.82, 2.24) is 4.90 Å². The second kappa shape index (κ2) is 6.61. The van der Waals surface area contributed by atoms with Crippen LogP contribution in [0.4, 0.5) is 10.5 Å². The van der Waals surface area contributed by atoms with Crippen molar-refractivity contribution in [1.29, 1.82) is 0 Å². The van der Waals surface area contributed by atoms with Crippen LogP contribution in [0.1, 0.15) is 36.0 Å². The molecular formula is C14H17ClN2O3. The first kappa shape index (κ1) is 14.7. The number of carboxylic acids is 1. The van der Waals surface area contributed by atoms with Crippen molar-refractivity contribution in [2.45, 2.75) is 25.7 Å². The molecule has 1 aliphatic heterocycles. The number of hydrogen-bond acceptors (Lipinski definition) is 2. The van der Waals surface area contributed by atoms with Gasteiger partial charge in [0.2, 0.25) is 0 Å². The Balaban J connectivity index is 2.08. The lowest BCUT2D eigenvalue weighted by atomic mass is 10.2. The molecule has 0 spiro atoms. The van der Waals surface area contributed by atoms with E-state index in [0.717, 1.165) is 38.8 Å². The Labute approximate surface area is 122 Å². The van der Waals surface area contributed by atoms with Gasteiger partial charge in [-0.25, -0.2) is 9.59 Å². The van der Waals surface area contributed by atoms with Gasteiger partial charge in [-0.2, -0.15) is 0 Å². The van der Waals surface area contributed by atoms with Crippen molar-refractivity contribution in [3.05, 3.63) is 28.8 Å². The van der Waals surface area contributed by atoms with Crippen molar-refractivity contribution in [2.75, 3.05) is 18.4 Å². The molecule has 0 aromatic heterocycles. The van der Waals surface area contributed by atoms with E-state index in [1.54, 1.807) is 11.0 Å². The number of halogens is 1. The summed E-state index contributed by atoms with van der Waals surface area (Å²) in [5.41, 5.74) is 0.466. The number of aromatic carboxylic acids is 1. The van der Waals surface area contributed by atoms with Gasteiger partial charge in [-0.1, -0.05) is 24.4 Å². The van der Waals surface area contributed by atoms with Gasteiger partial charge < -0.3 is 15.3 Å². The molecule has 20 heavy (non-hydrogen) atoms. The van der Waals surface area contributed by atoms with Crippen molar-refractivity contribution in [3.8, 4) is 0 Å². The summed E-state index contributed by atoms with van der Waals surface area (Å²) in [4.78, 5) is 24.9. The van der Waals surface area contributed by atoms with E-state index in [0.29, 0.717) is 5.69 Å². The Morgan fingerprint density at radius 3 is 2.35 bits per heavy atom. The highest BCUT2D eigenvalue weighted by molar-refractivity contribution is 6.31. The lowest BCUT2D eigenvalue weighted by molar-refractivity contribution is 0.0697. The second-order valence-electron chi connectivity index (χ2n) is 4.87. The monoisotopic (exact) mass is 296 g/mol. The highest BCUT2D eigenvalue weighted by Crippen LogP contribution is 2.20. The van der Waals surface area contributed by atoms with Crippen LogP contribution in [0.25, 0.3) is 0 Å². The average Bonchev–Trinajstić information content (AvgIpc) is 2.66. The number of hydrogen-bond donors (Lipinski definition) is 2. The van der Waals surface area contributed by atoms with E-state index in [9.17, 15) is 9.59 Å². The number of likely N-dealkylation sites (tertiary alicyclic amines) is 1. The zero-order valence-electron chi connectivity index (χ0n) is 11.1. The van der Waals surface area contributed by atoms with Gasteiger partial charge in [0.1, 0.15) is 0 Å². The summed E-state index contributed by atoms with van der Waals surface area (Å²) in [6.45, 7) is 1.47. The van der Waals surface area contributed by atoms with Gasteiger partial charge in [-0.15, -0.1) is 0 Å². The summed E-state index contributed by atoms with van der Waals surface area (Å²) in [6.07, 6.45) is 4.29. The molecule has 0 atom stereocenters. The van der Waals surface area contributed by atoms with Crippen LogP contribution in [0.3, 0.4) is 0 Å². The molecule has 1 aromatic carbocycles. The predicted octanol–water partition coefficient (Wildman–Crippen LogP) is 3.45. The summed E-state index contributed by atoms with van der Waals surface area (Å²) >= 11 is 5.86. The molecule has 1 saturated heterocycles. The Morgan fingerprint density at radius 1 is 1.10 bits per heavy atom. The van der Waals surface area contributed by atoms with Gasteiger partial charge in [0.15, 0.2) is 0 Å². The number of carbonyl (C=O) groups is 2. The number of rotatable bonds is 2. The van der Waals surface area contributed by atoms with Crippen LogP contribution in [0.2, 0.25) is 5.02 Å². The molecule has 0 unspecified atom stereocenters. The molecule has 0 bridgehead atoms. The number of carboxylic acid groups (broad SMARTS) is 1. The maximum Gasteiger partial charge on any atom is 0.335 e. The third-order valence-corrected chi connectivity index (χ3v) is 3.51. The van der Waals surface area contributed by atoms with E-state index in [1.165, 1.54) is 12.1 Å². The van der Waals surface area contributed by atoms with E-state index in [4.69, 9.17) is 16.7 Å². The number of anilines is 1. The standard InChI is InChI=1S/C14H17ClN2O3/c15-11-7-10(13(18)19)8-12(9-11)16-14(20)17-5-3-1-2-4-6-17/h7-9H,1-6H2,(H,16,20)(H,18,19). The Kier molecular flexibility index (Phi) is 4.84. The molecule has 2 rings (SSSR count). The van der Waals surface area contributed by atoms with Crippen LogP contribution < -0.4 is 5.32 Å². The first-order valence-electron chi connectivity index (χ1n) is 6.66. The molecule has 2 amide bonds. The zero-order chi connectivity index (χ0) is 14.5. The molecular weight excluding hydrogens is 280 g/mol. The normalized spacial score (nSPS) is 15.6. The number of amides is 2. The van der Waals surface area contributed by atoms with Gasteiger partial charge in [0.25, 0.3) is 0 Å². The fourth-order valence-electron chi connectivity index (χ4n) is 2.26. The molecule has 1 aliphatic rings. The molecule has 2 N–H and O–H groups in total. The molecule has 5 nitrogen and oxygen atoms in total. The largest absolute Gasteiger partial charge is 0.478 e. The van der Waals surface area contributed by atoms with Crippen LogP contribution in [0, 0.1) is 0 Å². The zero-order valence-corrected chi connectivity index (χ0v) is 11.8. The first-order chi connectivity index (χ1) is 9.56. The lowest BCUT2D eigenvalue weighted by Crippen LogP contribution is -2.35. The topological polar surface area (TPSA) is 69.6 Å². The minimum atomic E-state index is -1.07. The molecule has 0 saturated carbocycles. The average molecular weight is 297 g/mol. The smallest absolute Gasteiger partial charge is 0.335 e. The summed E-state index contributed by atoms with van der Waals surface area (Å²) in [7, 11) is 0. The molecule has 1 heterocycles. The maximum atomic E-state index is 12.1. The minimum Gasteiger partial charge on any atom is -0.478 e. The number of nitrogens with one attached hydrogen (secondary N) is 1. The van der Waals surface area contributed by atoms with E-state index < -0.39 is 5.97 Å². The van der Waals surface area contributed by atoms with Crippen LogP contribution in [-0.2, 0) is 0 Å². The maximum absolute atomic E-state index is 12.1. The fourth-order valence-corrected chi connectivity index (χ4v) is 2.50. The third-order valence-electron chi connectivity index (χ3n) is 3.29. The quantitative estimate of drug-likeness (QED) is 0.878. The Hall–Kier alpha value is -1.75. The molecule has 6 heteroatoms. The van der Waals surface area contributed by atoms with Crippen LogP contribution >= 0.6 is 11.6 Å². The van der Waals surface area contributed by atoms with Crippen molar-refractivity contribution >= 4 is 29.3 Å².